The highest BCUT2D eigenvalue weighted by Crippen LogP contribution is 2.41. The summed E-state index contributed by atoms with van der Waals surface area (Å²) in [4.78, 5) is 12.3. The van der Waals surface area contributed by atoms with Gasteiger partial charge >= 0.3 is 0 Å². The highest BCUT2D eigenvalue weighted by atomic mass is 79.9. The fourth-order valence-electron chi connectivity index (χ4n) is 1.92. The molecule has 1 heterocycles. The van der Waals surface area contributed by atoms with E-state index in [4.69, 9.17) is 0 Å². The molecular formula is C12H12BrFOS. The Morgan fingerprint density at radius 2 is 2.31 bits per heavy atom. The number of Topliss-reactive ketones (excluding diaryl/α,β-unsaturated/α-hetero) is 1. The van der Waals surface area contributed by atoms with Crippen molar-refractivity contribution in [1.29, 1.82) is 0 Å². The topological polar surface area (TPSA) is 17.1 Å². The SMILES string of the molecule is CC1(C(=O)c2ccc(F)cc2Br)CCCS1. The largest absolute Gasteiger partial charge is 0.293 e. The van der Waals surface area contributed by atoms with Crippen LogP contribution in [0, 0.1) is 5.82 Å². The Balaban J connectivity index is 2.33. The number of benzene rings is 1. The number of carbonyl (C=O) groups is 1. The van der Waals surface area contributed by atoms with Gasteiger partial charge in [-0.25, -0.2) is 4.39 Å². The highest BCUT2D eigenvalue weighted by molar-refractivity contribution is 9.10. The molecule has 1 atom stereocenters. The maximum Gasteiger partial charge on any atom is 0.179 e. The zero-order valence-electron chi connectivity index (χ0n) is 8.93. The number of hydrogen-bond acceptors (Lipinski definition) is 2. The Hall–Kier alpha value is -0.350. The summed E-state index contributed by atoms with van der Waals surface area (Å²) in [6.45, 7) is 1.97. The molecule has 0 N–H and O–H groups in total. The van der Waals surface area contributed by atoms with Crippen LogP contribution in [0.5, 0.6) is 0 Å². The van der Waals surface area contributed by atoms with Crippen LogP contribution in [0.3, 0.4) is 0 Å². The lowest BCUT2D eigenvalue weighted by Crippen LogP contribution is -2.29. The third-order valence-electron chi connectivity index (χ3n) is 2.87. The smallest absolute Gasteiger partial charge is 0.179 e. The summed E-state index contributed by atoms with van der Waals surface area (Å²) >= 11 is 4.95. The van der Waals surface area contributed by atoms with Crippen LogP contribution in [-0.4, -0.2) is 16.3 Å². The minimum Gasteiger partial charge on any atom is -0.293 e. The van der Waals surface area contributed by atoms with Crippen LogP contribution in [0.25, 0.3) is 0 Å². The van der Waals surface area contributed by atoms with Gasteiger partial charge in [0.05, 0.1) is 4.75 Å². The van der Waals surface area contributed by atoms with E-state index in [-0.39, 0.29) is 16.3 Å². The molecule has 1 aromatic carbocycles. The summed E-state index contributed by atoms with van der Waals surface area (Å²) < 4.78 is 13.2. The van der Waals surface area contributed by atoms with Gasteiger partial charge in [-0.2, -0.15) is 0 Å². The van der Waals surface area contributed by atoms with E-state index in [0.717, 1.165) is 18.6 Å². The monoisotopic (exact) mass is 302 g/mol. The Morgan fingerprint density at radius 1 is 1.56 bits per heavy atom. The van der Waals surface area contributed by atoms with Gasteiger partial charge in [0.2, 0.25) is 0 Å². The molecule has 0 bridgehead atoms. The van der Waals surface area contributed by atoms with E-state index in [1.165, 1.54) is 12.1 Å². The van der Waals surface area contributed by atoms with Crippen molar-refractivity contribution in [3.05, 3.63) is 34.1 Å². The summed E-state index contributed by atoms with van der Waals surface area (Å²) in [6, 6.07) is 4.24. The van der Waals surface area contributed by atoms with Crippen molar-refractivity contribution in [3.63, 3.8) is 0 Å². The van der Waals surface area contributed by atoms with E-state index in [0.29, 0.717) is 10.0 Å². The number of hydrogen-bond donors (Lipinski definition) is 0. The third-order valence-corrected chi connectivity index (χ3v) is 5.05. The Morgan fingerprint density at radius 3 is 2.88 bits per heavy atom. The Bertz CT molecular complexity index is 427. The van der Waals surface area contributed by atoms with Gasteiger partial charge in [-0.05, 0) is 59.6 Å². The van der Waals surface area contributed by atoms with Crippen molar-refractivity contribution in [1.82, 2.24) is 0 Å². The fourth-order valence-corrected chi connectivity index (χ4v) is 3.72. The molecule has 0 spiro atoms. The van der Waals surface area contributed by atoms with Crippen LogP contribution in [0.15, 0.2) is 22.7 Å². The molecule has 86 valence electrons. The molecule has 0 aromatic heterocycles. The van der Waals surface area contributed by atoms with Crippen LogP contribution in [0.4, 0.5) is 4.39 Å². The van der Waals surface area contributed by atoms with Gasteiger partial charge < -0.3 is 0 Å². The van der Waals surface area contributed by atoms with E-state index in [1.807, 2.05) is 6.92 Å². The zero-order valence-corrected chi connectivity index (χ0v) is 11.3. The fraction of sp³-hybridized carbons (Fsp3) is 0.417. The van der Waals surface area contributed by atoms with Crippen LogP contribution in [-0.2, 0) is 0 Å². The van der Waals surface area contributed by atoms with E-state index in [9.17, 15) is 9.18 Å². The van der Waals surface area contributed by atoms with Gasteiger partial charge in [0.1, 0.15) is 5.82 Å². The molecule has 16 heavy (non-hydrogen) atoms. The predicted octanol–water partition coefficient (Wildman–Crippen LogP) is 4.06. The first-order chi connectivity index (χ1) is 7.53. The van der Waals surface area contributed by atoms with Crippen molar-refractivity contribution in [3.8, 4) is 0 Å². The molecule has 1 unspecified atom stereocenters. The average Bonchev–Trinajstić information content (AvgIpc) is 2.66. The van der Waals surface area contributed by atoms with Gasteiger partial charge in [0.25, 0.3) is 0 Å². The number of halogens is 2. The van der Waals surface area contributed by atoms with Crippen LogP contribution in [0.2, 0.25) is 0 Å². The van der Waals surface area contributed by atoms with Gasteiger partial charge in [-0.3, -0.25) is 4.79 Å². The number of thioether (sulfide) groups is 1. The molecule has 1 fully saturated rings. The average molecular weight is 303 g/mol. The standard InChI is InChI=1S/C12H12BrFOS/c1-12(5-2-6-16-12)11(15)9-4-3-8(14)7-10(9)13/h3-4,7H,2,5-6H2,1H3. The molecule has 4 heteroatoms. The minimum absolute atomic E-state index is 0.0990. The van der Waals surface area contributed by atoms with Gasteiger partial charge in [0.15, 0.2) is 5.78 Å². The normalized spacial score (nSPS) is 24.7. The first-order valence-corrected chi connectivity index (χ1v) is 6.95. The second kappa shape index (κ2) is 4.49. The lowest BCUT2D eigenvalue weighted by atomic mass is 9.95. The number of carbonyl (C=O) groups excluding carboxylic acids is 1. The van der Waals surface area contributed by atoms with E-state index < -0.39 is 0 Å². The Kier molecular flexibility index (Phi) is 3.40. The maximum absolute atomic E-state index is 12.9. The minimum atomic E-state index is -0.333. The predicted molar refractivity (Wildman–Crippen MR) is 68.5 cm³/mol. The third kappa shape index (κ3) is 2.18. The van der Waals surface area contributed by atoms with Gasteiger partial charge in [-0.1, -0.05) is 0 Å². The van der Waals surface area contributed by atoms with Crippen molar-refractivity contribution >= 4 is 33.5 Å². The lowest BCUT2D eigenvalue weighted by molar-refractivity contribution is 0.0948. The van der Waals surface area contributed by atoms with Gasteiger partial charge in [-0.15, -0.1) is 11.8 Å². The molecule has 0 amide bonds. The molecule has 1 aliphatic heterocycles. The second-order valence-electron chi connectivity index (χ2n) is 4.14. The highest BCUT2D eigenvalue weighted by Gasteiger charge is 2.38. The molecule has 1 nitrogen and oxygen atoms in total. The van der Waals surface area contributed by atoms with Crippen LogP contribution < -0.4 is 0 Å². The molecule has 2 rings (SSSR count). The summed E-state index contributed by atoms with van der Waals surface area (Å²) in [6.07, 6.45) is 1.98. The first kappa shape index (κ1) is 12.1. The molecule has 0 aliphatic carbocycles. The molecule has 0 saturated carbocycles. The van der Waals surface area contributed by atoms with Crippen LogP contribution in [0.1, 0.15) is 30.1 Å². The van der Waals surface area contributed by atoms with E-state index in [1.54, 1.807) is 17.8 Å². The summed E-state index contributed by atoms with van der Waals surface area (Å²) in [7, 11) is 0. The van der Waals surface area contributed by atoms with E-state index in [2.05, 4.69) is 15.9 Å². The van der Waals surface area contributed by atoms with Crippen molar-refractivity contribution < 1.29 is 9.18 Å². The molecular weight excluding hydrogens is 291 g/mol. The summed E-state index contributed by atoms with van der Waals surface area (Å²) in [5.74, 6) is 0.802. The summed E-state index contributed by atoms with van der Waals surface area (Å²) in [5.41, 5.74) is 0.582. The second-order valence-corrected chi connectivity index (χ2v) is 6.59. The number of rotatable bonds is 2. The van der Waals surface area contributed by atoms with E-state index >= 15 is 0 Å². The molecule has 1 saturated heterocycles. The van der Waals surface area contributed by atoms with Crippen molar-refractivity contribution in [2.45, 2.75) is 24.5 Å². The Labute approximate surface area is 107 Å². The summed E-state index contributed by atoms with van der Waals surface area (Å²) in [5, 5.41) is 0. The quantitative estimate of drug-likeness (QED) is 0.767. The van der Waals surface area contributed by atoms with Crippen molar-refractivity contribution in [2.24, 2.45) is 0 Å². The van der Waals surface area contributed by atoms with Gasteiger partial charge in [0, 0.05) is 10.0 Å². The lowest BCUT2D eigenvalue weighted by Gasteiger charge is -2.21. The maximum atomic E-state index is 12.9. The van der Waals surface area contributed by atoms with Crippen LogP contribution >= 0.6 is 27.7 Å². The number of ketones is 1. The molecule has 1 aliphatic rings. The first-order valence-electron chi connectivity index (χ1n) is 5.17. The molecule has 0 radical (unpaired) electrons. The van der Waals surface area contributed by atoms with Crippen molar-refractivity contribution in [2.75, 3.05) is 5.75 Å². The molecule has 1 aromatic rings. The zero-order chi connectivity index (χ0) is 11.8.